The third kappa shape index (κ3) is 3.64. The maximum atomic E-state index is 2.41. The van der Waals surface area contributed by atoms with Crippen LogP contribution in [0.25, 0.3) is 11.1 Å². The number of hydrogen-bond donors (Lipinski definition) is 0. The van der Waals surface area contributed by atoms with Gasteiger partial charge in [-0.3, -0.25) is 0 Å². The lowest BCUT2D eigenvalue weighted by Gasteiger charge is -2.31. The van der Waals surface area contributed by atoms with Crippen molar-refractivity contribution in [2.24, 2.45) is 5.92 Å². The van der Waals surface area contributed by atoms with Gasteiger partial charge >= 0.3 is 0 Å². The van der Waals surface area contributed by atoms with Crippen LogP contribution in [0.3, 0.4) is 0 Å². The summed E-state index contributed by atoms with van der Waals surface area (Å²) < 4.78 is 0. The molecule has 0 fully saturated rings. The highest BCUT2D eigenvalue weighted by Gasteiger charge is 2.27. The van der Waals surface area contributed by atoms with E-state index >= 15 is 0 Å². The summed E-state index contributed by atoms with van der Waals surface area (Å²) in [5.41, 5.74) is 8.37. The van der Waals surface area contributed by atoms with Crippen molar-refractivity contribution in [3.8, 4) is 11.1 Å². The minimum Gasteiger partial charge on any atom is -0.378 e. The Balaban J connectivity index is 1.70. The van der Waals surface area contributed by atoms with Crippen molar-refractivity contribution < 1.29 is 0 Å². The quantitative estimate of drug-likeness (QED) is 0.514. The fourth-order valence-electron chi connectivity index (χ4n) is 4.43. The highest BCUT2D eigenvalue weighted by atomic mass is 15.1. The Morgan fingerprint density at radius 2 is 1.63 bits per heavy atom. The van der Waals surface area contributed by atoms with E-state index < -0.39 is 0 Å². The molecule has 138 valence electrons. The SMILES string of the molecule is CC[C@@H]1Cc2ccccc2[C@@H](c2cccc(-c3ccc(N(C)C)cc3)c2)C1. The molecule has 27 heavy (non-hydrogen) atoms. The summed E-state index contributed by atoms with van der Waals surface area (Å²) in [6.45, 7) is 2.33. The maximum Gasteiger partial charge on any atom is 0.0361 e. The molecule has 1 aliphatic rings. The normalized spacial score (nSPS) is 18.8. The highest BCUT2D eigenvalue weighted by molar-refractivity contribution is 5.67. The Kier molecular flexibility index (Phi) is 5.03. The van der Waals surface area contributed by atoms with Crippen LogP contribution in [0.4, 0.5) is 5.69 Å². The van der Waals surface area contributed by atoms with Gasteiger partial charge in [-0.15, -0.1) is 0 Å². The van der Waals surface area contributed by atoms with Gasteiger partial charge in [-0.2, -0.15) is 0 Å². The number of benzene rings is 3. The molecule has 3 aromatic carbocycles. The number of fused-ring (bicyclic) bond motifs is 1. The van der Waals surface area contributed by atoms with E-state index in [0.29, 0.717) is 5.92 Å². The second-order valence-corrected chi connectivity index (χ2v) is 8.03. The first-order chi connectivity index (χ1) is 13.2. The first-order valence-electron chi connectivity index (χ1n) is 10.1. The number of hydrogen-bond acceptors (Lipinski definition) is 1. The number of rotatable bonds is 4. The van der Waals surface area contributed by atoms with E-state index in [1.54, 1.807) is 5.56 Å². The maximum absolute atomic E-state index is 2.41. The van der Waals surface area contributed by atoms with Crippen molar-refractivity contribution in [3.05, 3.63) is 89.5 Å². The first-order valence-corrected chi connectivity index (χ1v) is 10.1. The fraction of sp³-hybridized carbons (Fsp3) is 0.308. The van der Waals surface area contributed by atoms with Gasteiger partial charge in [0.15, 0.2) is 0 Å². The molecule has 0 aliphatic heterocycles. The Morgan fingerprint density at radius 1 is 0.852 bits per heavy atom. The van der Waals surface area contributed by atoms with Gasteiger partial charge < -0.3 is 4.90 Å². The van der Waals surface area contributed by atoms with Crippen LogP contribution < -0.4 is 4.90 Å². The first kappa shape index (κ1) is 17.9. The molecule has 2 atom stereocenters. The molecule has 0 radical (unpaired) electrons. The molecule has 0 saturated heterocycles. The second kappa shape index (κ2) is 7.60. The molecular weight excluding hydrogens is 326 g/mol. The molecular formula is C26H29N. The smallest absolute Gasteiger partial charge is 0.0361 e. The minimum absolute atomic E-state index is 0.515. The van der Waals surface area contributed by atoms with Crippen molar-refractivity contribution in [1.29, 1.82) is 0 Å². The van der Waals surface area contributed by atoms with Crippen LogP contribution in [0.15, 0.2) is 72.8 Å². The summed E-state index contributed by atoms with van der Waals surface area (Å²) in [4.78, 5) is 2.14. The largest absolute Gasteiger partial charge is 0.378 e. The topological polar surface area (TPSA) is 3.24 Å². The summed E-state index contributed by atoms with van der Waals surface area (Å²) >= 11 is 0. The van der Waals surface area contributed by atoms with Crippen LogP contribution in [0, 0.1) is 5.92 Å². The van der Waals surface area contributed by atoms with Crippen molar-refractivity contribution in [1.82, 2.24) is 0 Å². The molecule has 1 nitrogen and oxygen atoms in total. The van der Waals surface area contributed by atoms with Crippen molar-refractivity contribution in [2.45, 2.75) is 32.1 Å². The monoisotopic (exact) mass is 355 g/mol. The number of anilines is 1. The molecule has 0 bridgehead atoms. The lowest BCUT2D eigenvalue weighted by molar-refractivity contribution is 0.416. The van der Waals surface area contributed by atoms with E-state index in [1.165, 1.54) is 47.2 Å². The van der Waals surface area contributed by atoms with Crippen LogP contribution >= 0.6 is 0 Å². The molecule has 0 amide bonds. The van der Waals surface area contributed by atoms with Crippen molar-refractivity contribution in [3.63, 3.8) is 0 Å². The van der Waals surface area contributed by atoms with Gasteiger partial charge in [0, 0.05) is 25.7 Å². The van der Waals surface area contributed by atoms with Crippen LogP contribution in [-0.2, 0) is 6.42 Å². The summed E-state index contributed by atoms with van der Waals surface area (Å²) in [5, 5.41) is 0. The van der Waals surface area contributed by atoms with E-state index in [1.807, 2.05) is 0 Å². The second-order valence-electron chi connectivity index (χ2n) is 8.03. The molecule has 1 aliphatic carbocycles. The van der Waals surface area contributed by atoms with E-state index in [9.17, 15) is 0 Å². The highest BCUT2D eigenvalue weighted by Crippen LogP contribution is 2.41. The molecule has 0 heterocycles. The van der Waals surface area contributed by atoms with E-state index in [4.69, 9.17) is 0 Å². The van der Waals surface area contributed by atoms with Gasteiger partial charge in [0.25, 0.3) is 0 Å². The molecule has 0 unspecified atom stereocenters. The van der Waals surface area contributed by atoms with Crippen LogP contribution in [0.1, 0.15) is 42.4 Å². The average molecular weight is 356 g/mol. The third-order valence-electron chi connectivity index (χ3n) is 6.09. The standard InChI is InChI=1S/C26H29N/c1-4-19-16-22-8-5-6-11-25(22)26(17-19)23-10-7-9-21(18-23)20-12-14-24(15-13-20)27(2)3/h5-15,18-19,26H,4,16-17H2,1-3H3/t19-,26-/m1/s1. The summed E-state index contributed by atoms with van der Waals surface area (Å²) in [7, 11) is 4.17. The summed E-state index contributed by atoms with van der Waals surface area (Å²) in [6.07, 6.45) is 3.75. The zero-order valence-electron chi connectivity index (χ0n) is 16.7. The average Bonchev–Trinajstić information content (AvgIpc) is 2.73. The molecule has 0 saturated carbocycles. The third-order valence-corrected chi connectivity index (χ3v) is 6.09. The molecule has 4 rings (SSSR count). The predicted octanol–water partition coefficient (Wildman–Crippen LogP) is 6.52. The molecule has 0 spiro atoms. The Labute approximate surface area is 163 Å². The van der Waals surface area contributed by atoms with Crippen molar-refractivity contribution in [2.75, 3.05) is 19.0 Å². The molecule has 1 heteroatoms. The lowest BCUT2D eigenvalue weighted by Crippen LogP contribution is -2.19. The van der Waals surface area contributed by atoms with Crippen LogP contribution in [0.2, 0.25) is 0 Å². The summed E-state index contributed by atoms with van der Waals surface area (Å²) in [5.74, 6) is 1.30. The van der Waals surface area contributed by atoms with Gasteiger partial charge in [0.1, 0.15) is 0 Å². The van der Waals surface area contributed by atoms with Crippen LogP contribution in [-0.4, -0.2) is 14.1 Å². The van der Waals surface area contributed by atoms with Gasteiger partial charge in [-0.25, -0.2) is 0 Å². The zero-order chi connectivity index (χ0) is 18.8. The molecule has 0 aromatic heterocycles. The zero-order valence-corrected chi connectivity index (χ0v) is 16.7. The van der Waals surface area contributed by atoms with Gasteiger partial charge in [-0.05, 0) is 58.7 Å². The van der Waals surface area contributed by atoms with Gasteiger partial charge in [0.2, 0.25) is 0 Å². The van der Waals surface area contributed by atoms with E-state index in [2.05, 4.69) is 98.7 Å². The van der Waals surface area contributed by atoms with Gasteiger partial charge in [0.05, 0.1) is 0 Å². The Morgan fingerprint density at radius 3 is 2.37 bits per heavy atom. The van der Waals surface area contributed by atoms with E-state index in [-0.39, 0.29) is 0 Å². The Hall–Kier alpha value is -2.54. The van der Waals surface area contributed by atoms with Gasteiger partial charge in [-0.1, -0.05) is 74.0 Å². The van der Waals surface area contributed by atoms with E-state index in [0.717, 1.165) is 5.92 Å². The summed E-state index contributed by atoms with van der Waals surface area (Å²) in [6, 6.07) is 27.1. The number of nitrogens with zero attached hydrogens (tertiary/aromatic N) is 1. The molecule has 3 aromatic rings. The van der Waals surface area contributed by atoms with Crippen LogP contribution in [0.5, 0.6) is 0 Å². The van der Waals surface area contributed by atoms with Crippen molar-refractivity contribution >= 4 is 5.69 Å². The molecule has 0 N–H and O–H groups in total. The predicted molar refractivity (Wildman–Crippen MR) is 117 cm³/mol. The lowest BCUT2D eigenvalue weighted by atomic mass is 9.73. The fourth-order valence-corrected chi connectivity index (χ4v) is 4.43. The minimum atomic E-state index is 0.515. The Bertz CT molecular complexity index is 908.